The summed E-state index contributed by atoms with van der Waals surface area (Å²) in [6.07, 6.45) is 1.99. The molecule has 0 heterocycles. The van der Waals surface area contributed by atoms with Crippen LogP contribution in [0.1, 0.15) is 20.3 Å². The molecule has 0 radical (unpaired) electrons. The minimum absolute atomic E-state index is 0.0248. The van der Waals surface area contributed by atoms with E-state index in [1.165, 1.54) is 14.0 Å². The Hall–Kier alpha value is -0.670. The van der Waals surface area contributed by atoms with Crippen LogP contribution >= 0.6 is 7.26 Å². The van der Waals surface area contributed by atoms with E-state index < -0.39 is 18.6 Å². The van der Waals surface area contributed by atoms with E-state index in [9.17, 15) is 9.59 Å². The monoisotopic (exact) mass is 308 g/mol. The van der Waals surface area contributed by atoms with Crippen molar-refractivity contribution in [3.8, 4) is 0 Å². The van der Waals surface area contributed by atoms with Gasteiger partial charge in [-0.3, -0.25) is 0 Å². The number of esters is 2. The van der Waals surface area contributed by atoms with Gasteiger partial charge in [0.05, 0.1) is 0 Å². The molecule has 1 atom stereocenters. The number of carbonyl (C=O) groups is 2. The summed E-state index contributed by atoms with van der Waals surface area (Å²) in [4.78, 5) is 23.0. The van der Waals surface area contributed by atoms with E-state index in [4.69, 9.17) is 14.2 Å². The van der Waals surface area contributed by atoms with Gasteiger partial charge in [0, 0.05) is 0 Å². The Balaban J connectivity index is 4.31. The van der Waals surface area contributed by atoms with Crippen LogP contribution in [0, 0.1) is 5.41 Å². The molecule has 0 saturated carbocycles. The maximum atomic E-state index is 12.1. The summed E-state index contributed by atoms with van der Waals surface area (Å²) in [7, 11) is 0.399. The van der Waals surface area contributed by atoms with E-state index >= 15 is 0 Å². The van der Waals surface area contributed by atoms with Crippen molar-refractivity contribution in [3.05, 3.63) is 0 Å². The van der Waals surface area contributed by atoms with Crippen molar-refractivity contribution in [1.29, 1.82) is 0 Å². The number of ether oxygens (including phenoxy) is 3. The second kappa shape index (κ2) is 8.58. The van der Waals surface area contributed by atoms with Crippen LogP contribution in [0.5, 0.6) is 0 Å². The Morgan fingerprint density at radius 3 is 2.15 bits per heavy atom. The van der Waals surface area contributed by atoms with Crippen LogP contribution in [0.15, 0.2) is 0 Å². The molecule has 6 heteroatoms. The zero-order chi connectivity index (χ0) is 15.8. The predicted octanol–water partition coefficient (Wildman–Crippen LogP) is 1.77. The molecular formula is C14H29O5P. The van der Waals surface area contributed by atoms with Gasteiger partial charge in [-0.2, -0.15) is 0 Å². The van der Waals surface area contributed by atoms with Gasteiger partial charge in [0.2, 0.25) is 0 Å². The van der Waals surface area contributed by atoms with Crippen LogP contribution in [0.4, 0.5) is 0 Å². The van der Waals surface area contributed by atoms with Crippen LogP contribution < -0.4 is 0 Å². The molecule has 0 aliphatic heterocycles. The van der Waals surface area contributed by atoms with E-state index in [-0.39, 0.29) is 19.2 Å². The third-order valence-electron chi connectivity index (χ3n) is 2.85. The second-order valence-corrected chi connectivity index (χ2v) is 12.2. The SMILES string of the molecule is COCC(C)(COC(C)=O)C(=O)OCCC[PH](C)(C)C. The van der Waals surface area contributed by atoms with Crippen molar-refractivity contribution >= 4 is 19.2 Å². The molecule has 5 nitrogen and oxygen atoms in total. The van der Waals surface area contributed by atoms with Gasteiger partial charge in [0.1, 0.15) is 0 Å². The third kappa shape index (κ3) is 8.49. The Bertz CT molecular complexity index is 324. The summed E-state index contributed by atoms with van der Waals surface area (Å²) >= 11 is 0. The number of methoxy groups -OCH3 is 1. The quantitative estimate of drug-likeness (QED) is 0.369. The number of hydrogen-bond donors (Lipinski definition) is 0. The molecule has 0 aliphatic rings. The molecule has 0 aliphatic carbocycles. The molecule has 0 saturated heterocycles. The molecule has 1 unspecified atom stereocenters. The van der Waals surface area contributed by atoms with Crippen molar-refractivity contribution in [2.45, 2.75) is 20.3 Å². The van der Waals surface area contributed by atoms with Crippen molar-refractivity contribution in [3.63, 3.8) is 0 Å². The molecule has 0 bridgehead atoms. The first-order valence-electron chi connectivity index (χ1n) is 6.90. The zero-order valence-electron chi connectivity index (χ0n) is 13.6. The van der Waals surface area contributed by atoms with Gasteiger partial charge in [0.25, 0.3) is 0 Å². The molecule has 0 fully saturated rings. The first-order chi connectivity index (χ1) is 9.10. The fraction of sp³-hybridized carbons (Fsp3) is 0.857. The van der Waals surface area contributed by atoms with Crippen LogP contribution in [0.2, 0.25) is 0 Å². The van der Waals surface area contributed by atoms with Crippen LogP contribution in [-0.4, -0.2) is 65.0 Å². The topological polar surface area (TPSA) is 61.8 Å². The Morgan fingerprint density at radius 1 is 1.10 bits per heavy atom. The summed E-state index contributed by atoms with van der Waals surface area (Å²) in [5, 5.41) is 0. The van der Waals surface area contributed by atoms with Crippen molar-refractivity contribution in [2.24, 2.45) is 5.41 Å². The Morgan fingerprint density at radius 2 is 1.70 bits per heavy atom. The summed E-state index contributed by atoms with van der Waals surface area (Å²) < 4.78 is 15.3. The van der Waals surface area contributed by atoms with Gasteiger partial charge in [-0.15, -0.1) is 0 Å². The molecule has 0 aromatic carbocycles. The van der Waals surface area contributed by atoms with E-state index in [1.54, 1.807) is 6.92 Å². The van der Waals surface area contributed by atoms with Crippen LogP contribution in [-0.2, 0) is 23.8 Å². The fourth-order valence-corrected chi connectivity index (χ4v) is 2.89. The second-order valence-electron chi connectivity index (χ2n) is 6.57. The molecular weight excluding hydrogens is 279 g/mol. The maximum absolute atomic E-state index is 12.1. The average Bonchev–Trinajstić information content (AvgIpc) is 2.31. The van der Waals surface area contributed by atoms with Gasteiger partial charge in [-0.1, -0.05) is 0 Å². The standard InChI is InChI=1S/C14H29O5P/c1-12(15)19-11-14(2,10-17-3)13(16)18-8-7-9-20(4,5)6/h20H,7-11H2,1-6H3. The Kier molecular flexibility index (Phi) is 8.29. The summed E-state index contributed by atoms with van der Waals surface area (Å²) in [5.41, 5.74) is -0.945. The van der Waals surface area contributed by atoms with Gasteiger partial charge >= 0.3 is 122 Å². The van der Waals surface area contributed by atoms with Gasteiger partial charge in [-0.25, -0.2) is 0 Å². The van der Waals surface area contributed by atoms with Gasteiger partial charge in [-0.05, 0) is 0 Å². The first kappa shape index (κ1) is 19.3. The first-order valence-corrected chi connectivity index (χ1v) is 10.6. The molecule has 0 spiro atoms. The summed E-state index contributed by atoms with van der Waals surface area (Å²) in [5.74, 6) is -0.796. The zero-order valence-corrected chi connectivity index (χ0v) is 14.6. The molecule has 120 valence electrons. The molecule has 0 rings (SSSR count). The minimum atomic E-state index is -1.11. The van der Waals surface area contributed by atoms with Crippen molar-refractivity contribution < 1.29 is 23.8 Å². The summed E-state index contributed by atoms with van der Waals surface area (Å²) in [6, 6.07) is 0. The van der Waals surface area contributed by atoms with Crippen LogP contribution in [0.25, 0.3) is 0 Å². The van der Waals surface area contributed by atoms with E-state index in [0.29, 0.717) is 6.61 Å². The molecule has 0 aromatic rings. The van der Waals surface area contributed by atoms with Crippen LogP contribution in [0.3, 0.4) is 0 Å². The van der Waals surface area contributed by atoms with E-state index in [1.807, 2.05) is 0 Å². The molecule has 0 aromatic heterocycles. The predicted molar refractivity (Wildman–Crippen MR) is 83.1 cm³/mol. The molecule has 0 amide bonds. The fourth-order valence-electron chi connectivity index (χ4n) is 1.68. The molecule has 20 heavy (non-hydrogen) atoms. The van der Waals surface area contributed by atoms with Gasteiger partial charge < -0.3 is 0 Å². The summed E-state index contributed by atoms with van der Waals surface area (Å²) in [6.45, 7) is 10.4. The Labute approximate surface area is 122 Å². The average molecular weight is 308 g/mol. The van der Waals surface area contributed by atoms with E-state index in [2.05, 4.69) is 20.0 Å². The normalized spacial score (nSPS) is 15.3. The van der Waals surface area contributed by atoms with Crippen molar-refractivity contribution in [2.75, 3.05) is 53.1 Å². The van der Waals surface area contributed by atoms with E-state index in [0.717, 1.165) is 12.6 Å². The molecule has 0 N–H and O–H groups in total. The third-order valence-corrected chi connectivity index (χ3v) is 4.71. The van der Waals surface area contributed by atoms with Crippen molar-refractivity contribution in [1.82, 2.24) is 0 Å². The number of carbonyl (C=O) groups excluding carboxylic acids is 2. The number of hydrogen-bond acceptors (Lipinski definition) is 5. The van der Waals surface area contributed by atoms with Gasteiger partial charge in [0.15, 0.2) is 0 Å². The number of rotatable bonds is 9.